The quantitative estimate of drug-likeness (QED) is 0.842. The van der Waals surface area contributed by atoms with Crippen molar-refractivity contribution in [2.75, 3.05) is 27.2 Å². The fourth-order valence-corrected chi connectivity index (χ4v) is 3.96. The standard InChI is InChI=1S/C23H31N3O3/c1-15(2)17-7-6-8-18(11-17)25-10-9-16(3)21(22(25)28)23(29)26-13-19(24(4)5)12-20(26)14-27/h6-11,15,19-20,27H,12-14H2,1-5H3/t19-,20+/m1/s1. The van der Waals surface area contributed by atoms with Crippen molar-refractivity contribution in [3.63, 3.8) is 0 Å². The lowest BCUT2D eigenvalue weighted by Crippen LogP contribution is -2.42. The Labute approximate surface area is 172 Å². The Kier molecular flexibility index (Phi) is 6.24. The van der Waals surface area contributed by atoms with Crippen LogP contribution in [0.1, 0.15) is 47.7 Å². The number of nitrogens with zero attached hydrogens (tertiary/aromatic N) is 3. The van der Waals surface area contributed by atoms with Gasteiger partial charge in [0.1, 0.15) is 5.56 Å². The zero-order chi connectivity index (χ0) is 21.3. The third-order valence-electron chi connectivity index (χ3n) is 5.92. The molecule has 0 saturated carbocycles. The number of amides is 1. The summed E-state index contributed by atoms with van der Waals surface area (Å²) in [7, 11) is 3.94. The van der Waals surface area contributed by atoms with E-state index < -0.39 is 0 Å². The SMILES string of the molecule is Cc1ccn(-c2cccc(C(C)C)c2)c(=O)c1C(=O)N1C[C@H](N(C)C)C[C@H]1CO. The molecule has 3 rings (SSSR count). The summed E-state index contributed by atoms with van der Waals surface area (Å²) in [5.41, 5.74) is 2.40. The molecule has 0 bridgehead atoms. The van der Waals surface area contributed by atoms with E-state index in [-0.39, 0.29) is 35.7 Å². The van der Waals surface area contributed by atoms with Crippen molar-refractivity contribution in [3.8, 4) is 5.69 Å². The predicted molar refractivity (Wildman–Crippen MR) is 115 cm³/mol. The number of carbonyl (C=O) groups is 1. The molecule has 1 fully saturated rings. The molecule has 2 atom stereocenters. The molecule has 156 valence electrons. The van der Waals surface area contributed by atoms with Crippen LogP contribution in [0.3, 0.4) is 0 Å². The molecule has 1 amide bonds. The van der Waals surface area contributed by atoms with Crippen LogP contribution in [0.2, 0.25) is 0 Å². The van der Waals surface area contributed by atoms with Crippen molar-refractivity contribution in [2.24, 2.45) is 0 Å². The van der Waals surface area contributed by atoms with Gasteiger partial charge in [-0.25, -0.2) is 0 Å². The van der Waals surface area contributed by atoms with Crippen LogP contribution in [0.5, 0.6) is 0 Å². The van der Waals surface area contributed by atoms with Gasteiger partial charge in [0.25, 0.3) is 11.5 Å². The smallest absolute Gasteiger partial charge is 0.268 e. The average molecular weight is 398 g/mol. The molecule has 0 spiro atoms. The normalized spacial score (nSPS) is 19.4. The molecule has 2 heterocycles. The van der Waals surface area contributed by atoms with Gasteiger partial charge in [-0.15, -0.1) is 0 Å². The second kappa shape index (κ2) is 8.51. The van der Waals surface area contributed by atoms with E-state index in [1.165, 1.54) is 0 Å². The number of likely N-dealkylation sites (N-methyl/N-ethyl adjacent to an activating group) is 1. The number of benzene rings is 1. The largest absolute Gasteiger partial charge is 0.394 e. The summed E-state index contributed by atoms with van der Waals surface area (Å²) in [5, 5.41) is 9.79. The van der Waals surface area contributed by atoms with Crippen molar-refractivity contribution >= 4 is 5.91 Å². The lowest BCUT2D eigenvalue weighted by Gasteiger charge is -2.24. The number of hydrogen-bond donors (Lipinski definition) is 1. The number of aromatic nitrogens is 1. The Bertz CT molecular complexity index is 949. The third kappa shape index (κ3) is 4.14. The summed E-state index contributed by atoms with van der Waals surface area (Å²) in [4.78, 5) is 30.4. The van der Waals surface area contributed by atoms with Gasteiger partial charge in [-0.1, -0.05) is 26.0 Å². The maximum Gasteiger partial charge on any atom is 0.268 e. The van der Waals surface area contributed by atoms with Crippen LogP contribution in [-0.4, -0.2) is 64.7 Å². The average Bonchev–Trinajstić information content (AvgIpc) is 3.13. The number of aliphatic hydroxyl groups excluding tert-OH is 1. The van der Waals surface area contributed by atoms with Crippen molar-refractivity contribution in [1.29, 1.82) is 0 Å². The third-order valence-corrected chi connectivity index (χ3v) is 5.92. The summed E-state index contributed by atoms with van der Waals surface area (Å²) >= 11 is 0. The molecule has 1 N–H and O–H groups in total. The minimum absolute atomic E-state index is 0.105. The number of carbonyl (C=O) groups excluding carboxylic acids is 1. The van der Waals surface area contributed by atoms with E-state index in [9.17, 15) is 14.7 Å². The highest BCUT2D eigenvalue weighted by Crippen LogP contribution is 2.23. The summed E-state index contributed by atoms with van der Waals surface area (Å²) in [5.74, 6) is 0.0420. The molecule has 1 aliphatic heterocycles. The van der Waals surface area contributed by atoms with Crippen LogP contribution in [0.4, 0.5) is 0 Å². The summed E-state index contributed by atoms with van der Waals surface area (Å²) in [6, 6.07) is 9.55. The molecule has 29 heavy (non-hydrogen) atoms. The minimum Gasteiger partial charge on any atom is -0.394 e. The van der Waals surface area contributed by atoms with Crippen molar-refractivity contribution in [1.82, 2.24) is 14.4 Å². The summed E-state index contributed by atoms with van der Waals surface area (Å²) < 4.78 is 1.54. The molecule has 0 radical (unpaired) electrons. The highest BCUT2D eigenvalue weighted by atomic mass is 16.3. The number of pyridine rings is 1. The lowest BCUT2D eigenvalue weighted by atomic mass is 10.0. The Hall–Kier alpha value is -2.44. The zero-order valence-electron chi connectivity index (χ0n) is 17.9. The van der Waals surface area contributed by atoms with Gasteiger partial charge in [0.05, 0.1) is 12.6 Å². The number of hydrogen-bond acceptors (Lipinski definition) is 4. The fourth-order valence-electron chi connectivity index (χ4n) is 3.96. The molecule has 1 aromatic heterocycles. The maximum atomic E-state index is 13.4. The van der Waals surface area contributed by atoms with Gasteiger partial charge in [0.2, 0.25) is 0 Å². The first-order chi connectivity index (χ1) is 13.7. The van der Waals surface area contributed by atoms with E-state index in [0.717, 1.165) is 11.3 Å². The van der Waals surface area contributed by atoms with Crippen molar-refractivity contribution < 1.29 is 9.90 Å². The van der Waals surface area contributed by atoms with Crippen LogP contribution >= 0.6 is 0 Å². The first-order valence-corrected chi connectivity index (χ1v) is 10.2. The number of rotatable bonds is 5. The van der Waals surface area contributed by atoms with E-state index in [0.29, 0.717) is 24.4 Å². The predicted octanol–water partition coefficient (Wildman–Crippen LogP) is 2.41. The van der Waals surface area contributed by atoms with E-state index in [1.807, 2.05) is 44.4 Å². The van der Waals surface area contributed by atoms with Gasteiger partial charge in [0, 0.05) is 24.5 Å². The number of aryl methyl sites for hydroxylation is 1. The van der Waals surface area contributed by atoms with Gasteiger partial charge >= 0.3 is 0 Å². The van der Waals surface area contributed by atoms with Gasteiger partial charge in [-0.2, -0.15) is 0 Å². The Morgan fingerprint density at radius 1 is 1.28 bits per heavy atom. The molecule has 0 unspecified atom stereocenters. The van der Waals surface area contributed by atoms with Gasteiger partial charge in [0.15, 0.2) is 0 Å². The van der Waals surface area contributed by atoms with Crippen LogP contribution < -0.4 is 5.56 Å². The van der Waals surface area contributed by atoms with Crippen LogP contribution in [-0.2, 0) is 0 Å². The Morgan fingerprint density at radius 2 is 2.00 bits per heavy atom. The second-order valence-corrected chi connectivity index (χ2v) is 8.45. The summed E-state index contributed by atoms with van der Waals surface area (Å²) in [6.07, 6.45) is 2.43. The first kappa shape index (κ1) is 21.3. The van der Waals surface area contributed by atoms with Gasteiger partial charge in [-0.05, 0) is 62.7 Å². The van der Waals surface area contributed by atoms with Gasteiger partial charge in [-0.3, -0.25) is 14.2 Å². The molecular weight excluding hydrogens is 366 g/mol. The minimum atomic E-state index is -0.319. The molecule has 6 nitrogen and oxygen atoms in total. The molecule has 1 aromatic carbocycles. The van der Waals surface area contributed by atoms with E-state index >= 15 is 0 Å². The topological polar surface area (TPSA) is 65.8 Å². The molecule has 1 aliphatic rings. The Balaban J connectivity index is 2.03. The van der Waals surface area contributed by atoms with E-state index in [4.69, 9.17) is 0 Å². The molecule has 2 aromatic rings. The molecule has 0 aliphatic carbocycles. The first-order valence-electron chi connectivity index (χ1n) is 10.2. The van der Waals surface area contributed by atoms with Crippen molar-refractivity contribution in [3.05, 3.63) is 63.6 Å². The highest BCUT2D eigenvalue weighted by Gasteiger charge is 2.37. The number of aliphatic hydroxyl groups is 1. The van der Waals surface area contributed by atoms with Crippen LogP contribution in [0, 0.1) is 6.92 Å². The molecular formula is C23H31N3O3. The van der Waals surface area contributed by atoms with E-state index in [2.05, 4.69) is 18.7 Å². The summed E-state index contributed by atoms with van der Waals surface area (Å²) in [6.45, 7) is 6.41. The second-order valence-electron chi connectivity index (χ2n) is 8.45. The zero-order valence-corrected chi connectivity index (χ0v) is 17.9. The Morgan fingerprint density at radius 3 is 2.62 bits per heavy atom. The van der Waals surface area contributed by atoms with Crippen LogP contribution in [0.25, 0.3) is 5.69 Å². The fraction of sp³-hybridized carbons (Fsp3) is 0.478. The molecule has 1 saturated heterocycles. The maximum absolute atomic E-state index is 13.4. The van der Waals surface area contributed by atoms with Crippen LogP contribution in [0.15, 0.2) is 41.3 Å². The monoisotopic (exact) mass is 397 g/mol. The number of likely N-dealkylation sites (tertiary alicyclic amines) is 1. The molecule has 6 heteroatoms. The van der Waals surface area contributed by atoms with Gasteiger partial charge < -0.3 is 14.9 Å². The lowest BCUT2D eigenvalue weighted by molar-refractivity contribution is 0.0670. The van der Waals surface area contributed by atoms with Crippen molar-refractivity contribution in [2.45, 2.75) is 45.2 Å². The highest BCUT2D eigenvalue weighted by molar-refractivity contribution is 5.95. The van der Waals surface area contributed by atoms with E-state index in [1.54, 1.807) is 22.6 Å².